The lowest BCUT2D eigenvalue weighted by atomic mass is 10.2. The van der Waals surface area contributed by atoms with Gasteiger partial charge in [0.2, 0.25) is 21.8 Å². The largest absolute Gasteiger partial charge is 0.497 e. The maximum absolute atomic E-state index is 12.7. The van der Waals surface area contributed by atoms with E-state index < -0.39 is 22.0 Å². The molecule has 0 saturated carbocycles. The van der Waals surface area contributed by atoms with E-state index in [0.717, 1.165) is 5.56 Å². The topological polar surface area (TPSA) is 105 Å². The van der Waals surface area contributed by atoms with E-state index in [1.807, 2.05) is 6.92 Å². The van der Waals surface area contributed by atoms with Gasteiger partial charge < -0.3 is 15.0 Å². The fourth-order valence-electron chi connectivity index (χ4n) is 2.74. The number of rotatable bonds is 9. The van der Waals surface area contributed by atoms with Gasteiger partial charge in [0.05, 0.1) is 24.6 Å². The fourth-order valence-corrected chi connectivity index (χ4v) is 3.93. The minimum Gasteiger partial charge on any atom is -0.497 e. The number of carbonyl (C=O) groups is 2. The van der Waals surface area contributed by atoms with Crippen molar-refractivity contribution in [3.63, 3.8) is 0 Å². The van der Waals surface area contributed by atoms with E-state index in [4.69, 9.17) is 4.74 Å². The molecule has 1 atom stereocenters. The van der Waals surface area contributed by atoms with Crippen molar-refractivity contribution >= 4 is 27.5 Å². The van der Waals surface area contributed by atoms with Crippen molar-refractivity contribution in [2.75, 3.05) is 25.5 Å². The molecular formula is C21H27N3O5S. The van der Waals surface area contributed by atoms with Gasteiger partial charge in [0.1, 0.15) is 5.75 Å². The predicted molar refractivity (Wildman–Crippen MR) is 115 cm³/mol. The van der Waals surface area contributed by atoms with E-state index in [-0.39, 0.29) is 23.9 Å². The highest BCUT2D eigenvalue weighted by molar-refractivity contribution is 7.89. The van der Waals surface area contributed by atoms with Crippen molar-refractivity contribution in [3.05, 3.63) is 54.1 Å². The van der Waals surface area contributed by atoms with Crippen molar-refractivity contribution in [3.8, 4) is 5.75 Å². The molecule has 0 spiro atoms. The van der Waals surface area contributed by atoms with Gasteiger partial charge in [-0.3, -0.25) is 9.59 Å². The van der Waals surface area contributed by atoms with Crippen LogP contribution in [0, 0.1) is 6.92 Å². The van der Waals surface area contributed by atoms with E-state index in [0.29, 0.717) is 11.4 Å². The molecule has 9 heteroatoms. The van der Waals surface area contributed by atoms with Crippen LogP contribution in [0.3, 0.4) is 0 Å². The lowest BCUT2D eigenvalue weighted by Crippen LogP contribution is -2.48. The lowest BCUT2D eigenvalue weighted by Gasteiger charge is -2.24. The number of aryl methyl sites for hydroxylation is 1. The minimum absolute atomic E-state index is 0.0769. The third-order valence-electron chi connectivity index (χ3n) is 4.44. The zero-order chi connectivity index (χ0) is 22.3. The SMILES string of the molecule is CCN(CC(=O)Nc1ccc(OC)cc1)C(=O)[C@H](C)NS(=O)(=O)c1ccc(C)cc1. The van der Waals surface area contributed by atoms with Crippen molar-refractivity contribution in [1.82, 2.24) is 9.62 Å². The number of nitrogens with one attached hydrogen (secondary N) is 2. The summed E-state index contributed by atoms with van der Waals surface area (Å²) < 4.78 is 32.5. The molecule has 0 aliphatic heterocycles. The lowest BCUT2D eigenvalue weighted by molar-refractivity contribution is -0.135. The van der Waals surface area contributed by atoms with Crippen molar-refractivity contribution in [2.24, 2.45) is 0 Å². The van der Waals surface area contributed by atoms with E-state index in [9.17, 15) is 18.0 Å². The number of methoxy groups -OCH3 is 1. The van der Waals surface area contributed by atoms with Crippen molar-refractivity contribution in [1.29, 1.82) is 0 Å². The first-order chi connectivity index (χ1) is 14.2. The first kappa shape index (κ1) is 23.4. The number of hydrogen-bond acceptors (Lipinski definition) is 5. The van der Waals surface area contributed by atoms with E-state index >= 15 is 0 Å². The standard InChI is InChI=1S/C21H27N3O5S/c1-5-24(14-20(25)22-17-8-10-18(29-4)11-9-17)21(26)16(3)23-30(27,28)19-12-6-15(2)7-13-19/h6-13,16,23H,5,14H2,1-4H3,(H,22,25)/t16-/m0/s1. The number of benzene rings is 2. The Labute approximate surface area is 177 Å². The summed E-state index contributed by atoms with van der Waals surface area (Å²) in [5, 5.41) is 2.70. The molecule has 30 heavy (non-hydrogen) atoms. The second kappa shape index (κ2) is 10.2. The number of sulfonamides is 1. The Hall–Kier alpha value is -2.91. The maximum atomic E-state index is 12.7. The highest BCUT2D eigenvalue weighted by Gasteiger charge is 2.26. The Kier molecular flexibility index (Phi) is 7.96. The number of anilines is 1. The smallest absolute Gasteiger partial charge is 0.243 e. The number of hydrogen-bond donors (Lipinski definition) is 2. The first-order valence-electron chi connectivity index (χ1n) is 9.48. The van der Waals surface area contributed by atoms with Crippen LogP contribution < -0.4 is 14.8 Å². The molecule has 162 valence electrons. The van der Waals surface area contributed by atoms with Gasteiger partial charge in [-0.25, -0.2) is 8.42 Å². The second-order valence-electron chi connectivity index (χ2n) is 6.79. The molecule has 8 nitrogen and oxygen atoms in total. The molecule has 0 aliphatic rings. The highest BCUT2D eigenvalue weighted by atomic mass is 32.2. The van der Waals surface area contributed by atoms with Gasteiger partial charge in [0.15, 0.2) is 0 Å². The summed E-state index contributed by atoms with van der Waals surface area (Å²) in [6.45, 7) is 5.09. The van der Waals surface area contributed by atoms with Gasteiger partial charge in [0.25, 0.3) is 0 Å². The van der Waals surface area contributed by atoms with Crippen molar-refractivity contribution < 1.29 is 22.7 Å². The van der Waals surface area contributed by atoms with Crippen LogP contribution in [-0.2, 0) is 19.6 Å². The van der Waals surface area contributed by atoms with Gasteiger partial charge in [-0.15, -0.1) is 0 Å². The Morgan fingerprint density at radius 3 is 2.20 bits per heavy atom. The number of ether oxygens (including phenoxy) is 1. The summed E-state index contributed by atoms with van der Waals surface area (Å²) >= 11 is 0. The fraction of sp³-hybridized carbons (Fsp3) is 0.333. The van der Waals surface area contributed by atoms with E-state index in [1.165, 1.54) is 24.0 Å². The Bertz CT molecular complexity index is 973. The average Bonchev–Trinajstić information content (AvgIpc) is 2.72. The van der Waals surface area contributed by atoms with Gasteiger partial charge in [0, 0.05) is 12.2 Å². The molecule has 0 radical (unpaired) electrons. The number of likely N-dealkylation sites (N-methyl/N-ethyl adjacent to an activating group) is 1. The van der Waals surface area contributed by atoms with Gasteiger partial charge in [-0.05, 0) is 57.2 Å². The summed E-state index contributed by atoms with van der Waals surface area (Å²) in [4.78, 5) is 26.4. The molecule has 2 aromatic carbocycles. The molecule has 0 fully saturated rings. The second-order valence-corrected chi connectivity index (χ2v) is 8.50. The molecule has 0 saturated heterocycles. The van der Waals surface area contributed by atoms with Crippen molar-refractivity contribution in [2.45, 2.75) is 31.7 Å². The maximum Gasteiger partial charge on any atom is 0.243 e. The Balaban J connectivity index is 1.99. The van der Waals surface area contributed by atoms with Crippen LogP contribution in [0.2, 0.25) is 0 Å². The monoisotopic (exact) mass is 433 g/mol. The number of amides is 2. The summed E-state index contributed by atoms with van der Waals surface area (Å²) in [5.74, 6) is -0.213. The minimum atomic E-state index is -3.86. The molecule has 0 unspecified atom stereocenters. The van der Waals surface area contributed by atoms with E-state index in [2.05, 4.69) is 10.0 Å². The molecule has 0 bridgehead atoms. The Morgan fingerprint density at radius 1 is 1.07 bits per heavy atom. The predicted octanol–water partition coefficient (Wildman–Crippen LogP) is 2.16. The number of nitrogens with zero attached hydrogens (tertiary/aromatic N) is 1. The summed E-state index contributed by atoms with van der Waals surface area (Å²) in [5.41, 5.74) is 1.50. The van der Waals surface area contributed by atoms with Crippen LogP contribution in [0.15, 0.2) is 53.4 Å². The van der Waals surface area contributed by atoms with Gasteiger partial charge in [-0.2, -0.15) is 4.72 Å². The van der Waals surface area contributed by atoms with Crippen LogP contribution in [0.5, 0.6) is 5.75 Å². The third kappa shape index (κ3) is 6.30. The molecule has 0 aromatic heterocycles. The average molecular weight is 434 g/mol. The van der Waals surface area contributed by atoms with Crippen LogP contribution >= 0.6 is 0 Å². The molecule has 2 aromatic rings. The van der Waals surface area contributed by atoms with E-state index in [1.54, 1.807) is 50.4 Å². The summed E-state index contributed by atoms with van der Waals surface area (Å²) in [7, 11) is -2.31. The first-order valence-corrected chi connectivity index (χ1v) is 11.0. The molecule has 2 N–H and O–H groups in total. The quantitative estimate of drug-likeness (QED) is 0.631. The zero-order valence-electron chi connectivity index (χ0n) is 17.5. The van der Waals surface area contributed by atoms with Crippen LogP contribution in [0.1, 0.15) is 19.4 Å². The van der Waals surface area contributed by atoms with Gasteiger partial charge >= 0.3 is 0 Å². The van der Waals surface area contributed by atoms with Crippen LogP contribution in [0.4, 0.5) is 5.69 Å². The molecule has 0 aliphatic carbocycles. The summed E-state index contributed by atoms with van der Waals surface area (Å²) in [6, 6.07) is 12.1. The zero-order valence-corrected chi connectivity index (χ0v) is 18.3. The van der Waals surface area contributed by atoms with Crippen LogP contribution in [0.25, 0.3) is 0 Å². The number of carbonyl (C=O) groups excluding carboxylic acids is 2. The third-order valence-corrected chi connectivity index (χ3v) is 5.99. The van der Waals surface area contributed by atoms with Gasteiger partial charge in [-0.1, -0.05) is 17.7 Å². The van der Waals surface area contributed by atoms with Crippen LogP contribution in [-0.4, -0.2) is 51.4 Å². The summed E-state index contributed by atoms with van der Waals surface area (Å²) in [6.07, 6.45) is 0. The Morgan fingerprint density at radius 2 is 1.67 bits per heavy atom. The molecule has 2 rings (SSSR count). The molecule has 0 heterocycles. The molecular weight excluding hydrogens is 406 g/mol. The normalized spacial score (nSPS) is 12.1. The molecule has 2 amide bonds. The highest BCUT2D eigenvalue weighted by Crippen LogP contribution is 2.15.